The van der Waals surface area contributed by atoms with Crippen molar-refractivity contribution in [2.24, 2.45) is 11.8 Å². The van der Waals surface area contributed by atoms with Crippen LogP contribution in [-0.4, -0.2) is 85.1 Å². The van der Waals surface area contributed by atoms with Gasteiger partial charge in [-0.25, -0.2) is 0 Å². The molecule has 2 aromatic carbocycles. The number of hydrogen-bond acceptors (Lipinski definition) is 8. The number of phenolic OH excluding ortho intramolecular Hbond substituents is 1. The van der Waals surface area contributed by atoms with E-state index >= 15 is 0 Å². The number of hydrogen-bond donors (Lipinski definition) is 1. The number of rotatable bonds is 1. The summed E-state index contributed by atoms with van der Waals surface area (Å²) in [6.07, 6.45) is 6.65. The van der Waals surface area contributed by atoms with Gasteiger partial charge in [-0.15, -0.1) is 0 Å². The van der Waals surface area contributed by atoms with Crippen LogP contribution in [0.5, 0.6) is 23.0 Å². The Labute approximate surface area is 252 Å². The number of phenols is 1. The van der Waals surface area contributed by atoms with Crippen molar-refractivity contribution >= 4 is 11.6 Å². The van der Waals surface area contributed by atoms with Gasteiger partial charge in [0, 0.05) is 46.9 Å². The Kier molecular flexibility index (Phi) is 5.36. The van der Waals surface area contributed by atoms with Crippen LogP contribution in [0.25, 0.3) is 0 Å². The molecular formula is C35H40N2O6. The second-order valence-corrected chi connectivity index (χ2v) is 14.4. The highest BCUT2D eigenvalue weighted by Gasteiger charge is 2.67. The first-order valence-electron chi connectivity index (χ1n) is 16.1. The van der Waals surface area contributed by atoms with Crippen molar-refractivity contribution < 1.29 is 28.9 Å². The van der Waals surface area contributed by atoms with Gasteiger partial charge >= 0.3 is 0 Å². The van der Waals surface area contributed by atoms with E-state index in [0.29, 0.717) is 42.5 Å². The maximum Gasteiger partial charge on any atom is 0.174 e. The van der Waals surface area contributed by atoms with Crippen molar-refractivity contribution in [2.45, 2.75) is 86.5 Å². The molecule has 8 heteroatoms. The number of aromatic hydroxyl groups is 1. The van der Waals surface area contributed by atoms with E-state index in [2.05, 4.69) is 30.0 Å². The standard InChI is InChI=1S/C18H21NO3.C17H19NO3/c1-19-8-7-18-11-4-5-13(20)17(18)22-16-14(21-2)6-3-10(15(16)18)9-12(11)19;1-18-7-6-17-10-3-5-13(20)16(17)21-15-12(19)4-2-9(14(15)17)8-11(10)18/h3,6,11-12,17H,4-5,7-9H2,1-2H3;2,4,10-11,16,19H,3,5-8H2,1H3/t11-,12+,17-,18-;10-,11+,16-,17-/m00/s1. The van der Waals surface area contributed by atoms with Crippen molar-refractivity contribution in [3.05, 3.63) is 46.5 Å². The largest absolute Gasteiger partial charge is 0.504 e. The number of carbonyl (C=O) groups is 2. The predicted octanol–water partition coefficient (Wildman–Crippen LogP) is 3.56. The summed E-state index contributed by atoms with van der Waals surface area (Å²) in [6.45, 7) is 2.05. The number of methoxy groups -OCH3 is 1. The van der Waals surface area contributed by atoms with E-state index in [1.807, 2.05) is 12.1 Å². The van der Waals surface area contributed by atoms with Gasteiger partial charge in [0.1, 0.15) is 0 Å². The Hall–Kier alpha value is -3.10. The van der Waals surface area contributed by atoms with Crippen LogP contribution in [0.2, 0.25) is 0 Å². The molecule has 4 heterocycles. The second-order valence-electron chi connectivity index (χ2n) is 14.4. The number of likely N-dealkylation sites (tertiary alicyclic amines) is 2. The molecule has 226 valence electrons. The number of benzene rings is 2. The van der Waals surface area contributed by atoms with E-state index in [9.17, 15) is 14.7 Å². The van der Waals surface area contributed by atoms with Gasteiger partial charge in [0.2, 0.25) is 0 Å². The third-order valence-corrected chi connectivity index (χ3v) is 13.0. The van der Waals surface area contributed by atoms with E-state index in [4.69, 9.17) is 14.2 Å². The molecule has 8 atom stereocenters. The molecule has 4 bridgehead atoms. The summed E-state index contributed by atoms with van der Waals surface area (Å²) < 4.78 is 17.8. The summed E-state index contributed by atoms with van der Waals surface area (Å²) in [5.41, 5.74) is 4.83. The lowest BCUT2D eigenvalue weighted by Crippen LogP contribution is -2.65. The highest BCUT2D eigenvalue weighted by Crippen LogP contribution is 2.64. The van der Waals surface area contributed by atoms with Crippen LogP contribution in [0.1, 0.15) is 60.8 Å². The van der Waals surface area contributed by atoms with Gasteiger partial charge < -0.3 is 29.1 Å². The van der Waals surface area contributed by atoms with Gasteiger partial charge in [-0.1, -0.05) is 12.1 Å². The minimum Gasteiger partial charge on any atom is -0.504 e. The Morgan fingerprint density at radius 1 is 0.791 bits per heavy atom. The lowest BCUT2D eigenvalue weighted by Gasteiger charge is -2.57. The van der Waals surface area contributed by atoms with Crippen molar-refractivity contribution in [3.8, 4) is 23.0 Å². The normalized spacial score (nSPS) is 39.1. The fourth-order valence-corrected chi connectivity index (χ4v) is 11.2. The number of ether oxygens (including phenoxy) is 3. The molecule has 8 nitrogen and oxygen atoms in total. The van der Waals surface area contributed by atoms with Crippen molar-refractivity contribution in [2.75, 3.05) is 34.3 Å². The monoisotopic (exact) mass is 584 g/mol. The lowest BCUT2D eigenvalue weighted by atomic mass is 9.52. The molecule has 4 aliphatic heterocycles. The van der Waals surface area contributed by atoms with Crippen molar-refractivity contribution in [3.63, 3.8) is 0 Å². The van der Waals surface area contributed by atoms with Crippen LogP contribution in [0.3, 0.4) is 0 Å². The molecule has 10 rings (SSSR count). The minimum atomic E-state index is -0.366. The van der Waals surface area contributed by atoms with Crippen LogP contribution < -0.4 is 14.2 Å². The van der Waals surface area contributed by atoms with Gasteiger partial charge in [0.05, 0.1) is 7.11 Å². The smallest absolute Gasteiger partial charge is 0.174 e. The Morgan fingerprint density at radius 2 is 1.30 bits per heavy atom. The van der Waals surface area contributed by atoms with Crippen LogP contribution in [0.4, 0.5) is 0 Å². The summed E-state index contributed by atoms with van der Waals surface area (Å²) in [4.78, 5) is 30.1. The van der Waals surface area contributed by atoms with Gasteiger partial charge in [-0.3, -0.25) is 9.59 Å². The Bertz CT molecular complexity index is 1590. The molecule has 1 N–H and O–H groups in total. The first kappa shape index (κ1) is 26.3. The van der Waals surface area contributed by atoms with Crippen molar-refractivity contribution in [1.82, 2.24) is 9.80 Å². The molecular weight excluding hydrogens is 544 g/mol. The maximum absolute atomic E-state index is 12.6. The zero-order valence-corrected chi connectivity index (χ0v) is 25.2. The number of piperidine rings is 2. The third-order valence-electron chi connectivity index (χ3n) is 13.0. The summed E-state index contributed by atoms with van der Waals surface area (Å²) in [5.74, 6) is 3.95. The fraction of sp³-hybridized carbons (Fsp3) is 0.600. The summed E-state index contributed by atoms with van der Waals surface area (Å²) >= 11 is 0. The first-order valence-corrected chi connectivity index (χ1v) is 16.1. The first-order chi connectivity index (χ1) is 20.8. The van der Waals surface area contributed by atoms with Crippen LogP contribution in [-0.2, 0) is 33.3 Å². The number of ketones is 2. The molecule has 0 unspecified atom stereocenters. The summed E-state index contributed by atoms with van der Waals surface area (Å²) in [7, 11) is 6.11. The topological polar surface area (TPSA) is 88.5 Å². The van der Waals surface area contributed by atoms with Gasteiger partial charge in [0.15, 0.2) is 46.8 Å². The van der Waals surface area contributed by atoms with Crippen molar-refractivity contribution in [1.29, 1.82) is 0 Å². The Morgan fingerprint density at radius 3 is 1.86 bits per heavy atom. The highest BCUT2D eigenvalue weighted by atomic mass is 16.5. The van der Waals surface area contributed by atoms with E-state index in [1.165, 1.54) is 16.7 Å². The summed E-state index contributed by atoms with van der Waals surface area (Å²) in [6, 6.07) is 8.99. The third kappa shape index (κ3) is 3.09. The summed E-state index contributed by atoms with van der Waals surface area (Å²) in [5, 5.41) is 10.2. The molecule has 43 heavy (non-hydrogen) atoms. The lowest BCUT2D eigenvalue weighted by molar-refractivity contribution is -0.138. The molecule has 4 aliphatic carbocycles. The van der Waals surface area contributed by atoms with Crippen LogP contribution in [0.15, 0.2) is 24.3 Å². The van der Waals surface area contributed by atoms with E-state index in [0.717, 1.165) is 68.7 Å². The zero-order chi connectivity index (χ0) is 29.4. The molecule has 2 aromatic rings. The van der Waals surface area contributed by atoms with E-state index in [1.54, 1.807) is 13.2 Å². The van der Waals surface area contributed by atoms with E-state index < -0.39 is 0 Å². The highest BCUT2D eigenvalue weighted by molar-refractivity contribution is 5.90. The molecule has 4 fully saturated rings. The fourth-order valence-electron chi connectivity index (χ4n) is 11.2. The SMILES string of the molecule is CN1CC[C@]23c4c5ccc(O)c4O[C@H]2C(=O)CC[C@H]3[C@H]1C5.COc1ccc2c3c1O[C@H]1C(=O)CC[C@H]4[C@@H](C2)N(C)CC[C@]314. The molecule has 0 radical (unpaired) electrons. The predicted molar refractivity (Wildman–Crippen MR) is 158 cm³/mol. The second kappa shape index (κ2) is 8.75. The molecule has 0 amide bonds. The zero-order valence-electron chi connectivity index (χ0n) is 25.2. The Balaban J connectivity index is 0.000000121. The van der Waals surface area contributed by atoms with Gasteiger partial charge in [-0.05, 0) is 101 Å². The van der Waals surface area contributed by atoms with E-state index in [-0.39, 0.29) is 40.4 Å². The maximum atomic E-state index is 12.6. The quantitative estimate of drug-likeness (QED) is 0.545. The molecule has 0 aromatic heterocycles. The number of nitrogens with zero attached hydrogens (tertiary/aromatic N) is 2. The molecule has 2 spiro atoms. The molecule has 8 aliphatic rings. The average molecular weight is 585 g/mol. The van der Waals surface area contributed by atoms with Gasteiger partial charge in [0.25, 0.3) is 0 Å². The van der Waals surface area contributed by atoms with Crippen LogP contribution in [0, 0.1) is 11.8 Å². The van der Waals surface area contributed by atoms with Crippen LogP contribution >= 0.6 is 0 Å². The average Bonchev–Trinajstić information content (AvgIpc) is 3.55. The number of Topliss-reactive ketones (excluding diaryl/α,β-unsaturated/α-hetero) is 2. The molecule has 2 saturated heterocycles. The number of likely N-dealkylation sites (N-methyl/N-ethyl adjacent to an activating group) is 2. The molecule has 2 saturated carbocycles. The number of carbonyl (C=O) groups excluding carboxylic acids is 2. The minimum absolute atomic E-state index is 0.0933. The van der Waals surface area contributed by atoms with Gasteiger partial charge in [-0.2, -0.15) is 0 Å².